The van der Waals surface area contributed by atoms with E-state index in [1.165, 1.54) is 0 Å². The molecule has 174 valence electrons. The zero-order chi connectivity index (χ0) is 23.2. The maximum absolute atomic E-state index is 6.09. The summed E-state index contributed by atoms with van der Waals surface area (Å²) in [6.07, 6.45) is 7.26. The molecule has 2 aromatic carbocycles. The number of oxime groups is 1. The molecule has 0 saturated heterocycles. The van der Waals surface area contributed by atoms with Crippen molar-refractivity contribution in [1.29, 1.82) is 0 Å². The summed E-state index contributed by atoms with van der Waals surface area (Å²) in [5, 5.41) is 4.21. The molecule has 0 aromatic heterocycles. The van der Waals surface area contributed by atoms with Crippen molar-refractivity contribution in [3.8, 4) is 11.5 Å². The standard InChI is InChI=1S/C27H38N2O3/c1-6-7-17-31-25-19-22(2)27(23(3)20-25)32-18-13-9-12-16-29(4)21-26(28-30-5)24-14-10-8-11-15-24/h6-8,10-11,14-15,19-20H,9,12-13,16-18,21H2,1-5H3/b7-6+,28-26-. The van der Waals surface area contributed by atoms with Crippen molar-refractivity contribution >= 4 is 5.71 Å². The Morgan fingerprint density at radius 2 is 1.72 bits per heavy atom. The molecule has 0 unspecified atom stereocenters. The van der Waals surface area contributed by atoms with Crippen LogP contribution in [0.25, 0.3) is 0 Å². The average Bonchev–Trinajstić information content (AvgIpc) is 2.78. The van der Waals surface area contributed by atoms with E-state index >= 15 is 0 Å². The summed E-state index contributed by atoms with van der Waals surface area (Å²) in [6.45, 7) is 9.23. The third kappa shape index (κ3) is 8.75. The van der Waals surface area contributed by atoms with Crippen LogP contribution in [0.5, 0.6) is 11.5 Å². The molecule has 5 heteroatoms. The van der Waals surface area contributed by atoms with E-state index in [2.05, 4.69) is 43.1 Å². The van der Waals surface area contributed by atoms with E-state index in [1.54, 1.807) is 7.11 Å². The zero-order valence-electron chi connectivity index (χ0n) is 20.3. The molecule has 0 aliphatic heterocycles. The van der Waals surface area contributed by atoms with E-state index in [1.807, 2.05) is 49.4 Å². The minimum absolute atomic E-state index is 0.591. The van der Waals surface area contributed by atoms with Gasteiger partial charge >= 0.3 is 0 Å². The highest BCUT2D eigenvalue weighted by Gasteiger charge is 2.09. The van der Waals surface area contributed by atoms with Crippen LogP contribution in [0.15, 0.2) is 59.8 Å². The van der Waals surface area contributed by atoms with Gasteiger partial charge in [0.15, 0.2) is 0 Å². The molecule has 2 rings (SSSR count). The largest absolute Gasteiger partial charge is 0.493 e. The van der Waals surface area contributed by atoms with E-state index in [0.717, 1.165) is 72.9 Å². The lowest BCUT2D eigenvalue weighted by Gasteiger charge is -2.18. The van der Waals surface area contributed by atoms with Gasteiger partial charge in [0.2, 0.25) is 0 Å². The minimum atomic E-state index is 0.591. The van der Waals surface area contributed by atoms with Crippen LogP contribution in [-0.2, 0) is 4.84 Å². The summed E-state index contributed by atoms with van der Waals surface area (Å²) in [5.74, 6) is 1.86. The van der Waals surface area contributed by atoms with Crippen LogP contribution in [0.4, 0.5) is 0 Å². The van der Waals surface area contributed by atoms with Crippen LogP contribution in [0.2, 0.25) is 0 Å². The summed E-state index contributed by atoms with van der Waals surface area (Å²) < 4.78 is 11.8. The van der Waals surface area contributed by atoms with Crippen LogP contribution in [0, 0.1) is 13.8 Å². The Hall–Kier alpha value is -2.79. The Morgan fingerprint density at radius 3 is 2.38 bits per heavy atom. The van der Waals surface area contributed by atoms with Crippen molar-refractivity contribution in [2.24, 2.45) is 5.16 Å². The van der Waals surface area contributed by atoms with Crippen LogP contribution in [0.1, 0.15) is 42.9 Å². The van der Waals surface area contributed by atoms with Gasteiger partial charge in [0.1, 0.15) is 30.9 Å². The van der Waals surface area contributed by atoms with Gasteiger partial charge in [-0.15, -0.1) is 0 Å². The van der Waals surface area contributed by atoms with Crippen molar-refractivity contribution in [2.45, 2.75) is 40.0 Å². The maximum atomic E-state index is 6.09. The van der Waals surface area contributed by atoms with Crippen molar-refractivity contribution in [3.63, 3.8) is 0 Å². The summed E-state index contributed by atoms with van der Waals surface area (Å²) in [7, 11) is 3.72. The van der Waals surface area contributed by atoms with E-state index in [4.69, 9.17) is 14.3 Å². The second-order valence-corrected chi connectivity index (χ2v) is 8.00. The molecule has 0 radical (unpaired) electrons. The molecule has 0 heterocycles. The van der Waals surface area contributed by atoms with E-state index < -0.39 is 0 Å². The lowest BCUT2D eigenvalue weighted by molar-refractivity contribution is 0.211. The van der Waals surface area contributed by atoms with Crippen LogP contribution in [-0.4, -0.2) is 51.1 Å². The molecule has 0 aliphatic rings. The van der Waals surface area contributed by atoms with E-state index in [9.17, 15) is 0 Å². The molecule has 0 aliphatic carbocycles. The lowest BCUT2D eigenvalue weighted by atomic mass is 10.1. The number of allylic oxidation sites excluding steroid dienone is 1. The number of rotatable bonds is 14. The van der Waals surface area contributed by atoms with Gasteiger partial charge in [0.25, 0.3) is 0 Å². The van der Waals surface area contributed by atoms with Gasteiger partial charge in [-0.1, -0.05) is 47.6 Å². The molecule has 0 N–H and O–H groups in total. The molecular weight excluding hydrogens is 400 g/mol. The van der Waals surface area contributed by atoms with Gasteiger partial charge in [-0.05, 0) is 76.9 Å². The molecule has 0 saturated carbocycles. The smallest absolute Gasteiger partial charge is 0.125 e. The van der Waals surface area contributed by atoms with E-state index in [0.29, 0.717) is 6.61 Å². The minimum Gasteiger partial charge on any atom is -0.493 e. The predicted molar refractivity (Wildman–Crippen MR) is 133 cm³/mol. The monoisotopic (exact) mass is 438 g/mol. The highest BCUT2D eigenvalue weighted by Crippen LogP contribution is 2.28. The van der Waals surface area contributed by atoms with Crippen molar-refractivity contribution in [1.82, 2.24) is 4.90 Å². The molecule has 0 bridgehead atoms. The fourth-order valence-corrected chi connectivity index (χ4v) is 3.55. The Bertz CT molecular complexity index is 839. The fraction of sp³-hybridized carbons (Fsp3) is 0.444. The fourth-order valence-electron chi connectivity index (χ4n) is 3.55. The molecule has 0 fully saturated rings. The van der Waals surface area contributed by atoms with Crippen molar-refractivity contribution in [3.05, 3.63) is 71.3 Å². The number of nitrogens with zero attached hydrogens (tertiary/aromatic N) is 2. The number of aryl methyl sites for hydroxylation is 2. The third-order valence-corrected chi connectivity index (χ3v) is 5.17. The van der Waals surface area contributed by atoms with Crippen molar-refractivity contribution < 1.29 is 14.3 Å². The van der Waals surface area contributed by atoms with E-state index in [-0.39, 0.29) is 0 Å². The molecule has 5 nitrogen and oxygen atoms in total. The van der Waals surface area contributed by atoms with Gasteiger partial charge in [0, 0.05) is 12.1 Å². The first-order valence-electron chi connectivity index (χ1n) is 11.4. The third-order valence-electron chi connectivity index (χ3n) is 5.17. The predicted octanol–water partition coefficient (Wildman–Crippen LogP) is 5.79. The van der Waals surface area contributed by atoms with Crippen LogP contribution in [0.3, 0.4) is 0 Å². The number of hydrogen-bond donors (Lipinski definition) is 0. The number of benzene rings is 2. The van der Waals surface area contributed by atoms with Gasteiger partial charge in [-0.3, -0.25) is 0 Å². The molecule has 0 amide bonds. The number of ether oxygens (including phenoxy) is 2. The summed E-state index contributed by atoms with van der Waals surface area (Å²) in [4.78, 5) is 7.33. The Kier molecular flexibility index (Phi) is 11.4. The summed E-state index contributed by atoms with van der Waals surface area (Å²) in [5.41, 5.74) is 4.28. The maximum Gasteiger partial charge on any atom is 0.125 e. The lowest BCUT2D eigenvalue weighted by Crippen LogP contribution is -2.27. The number of likely N-dealkylation sites (N-methyl/N-ethyl adjacent to an activating group) is 1. The normalized spacial score (nSPS) is 11.9. The van der Waals surface area contributed by atoms with Crippen LogP contribution < -0.4 is 9.47 Å². The second kappa shape index (κ2) is 14.3. The first kappa shape index (κ1) is 25.5. The Labute approximate surface area is 193 Å². The van der Waals surface area contributed by atoms with Crippen LogP contribution >= 0.6 is 0 Å². The molecule has 32 heavy (non-hydrogen) atoms. The average molecular weight is 439 g/mol. The van der Waals surface area contributed by atoms with Gasteiger partial charge in [0.05, 0.1) is 6.61 Å². The molecule has 0 spiro atoms. The first-order chi connectivity index (χ1) is 15.5. The first-order valence-corrected chi connectivity index (χ1v) is 11.4. The number of hydrogen-bond acceptors (Lipinski definition) is 5. The SMILES string of the molecule is C/C=C/COc1cc(C)c(OCCCCCN(C)C/C(=N/OC)c2ccccc2)c(C)c1. The number of unbranched alkanes of at least 4 members (excludes halogenated alkanes) is 2. The quantitative estimate of drug-likeness (QED) is 0.162. The Balaban J connectivity index is 1.71. The highest BCUT2D eigenvalue weighted by atomic mass is 16.6. The molecule has 0 atom stereocenters. The summed E-state index contributed by atoms with van der Waals surface area (Å²) >= 11 is 0. The van der Waals surface area contributed by atoms with Gasteiger partial charge in [-0.25, -0.2) is 0 Å². The van der Waals surface area contributed by atoms with Crippen molar-refractivity contribution in [2.75, 3.05) is 40.5 Å². The summed E-state index contributed by atoms with van der Waals surface area (Å²) in [6, 6.07) is 14.3. The topological polar surface area (TPSA) is 43.3 Å². The molecular formula is C27H38N2O3. The molecule has 2 aromatic rings. The van der Waals surface area contributed by atoms with Gasteiger partial charge < -0.3 is 19.2 Å². The highest BCUT2D eigenvalue weighted by molar-refractivity contribution is 6.01. The second-order valence-electron chi connectivity index (χ2n) is 8.00. The zero-order valence-corrected chi connectivity index (χ0v) is 20.3. The Morgan fingerprint density at radius 1 is 1.00 bits per heavy atom. The van der Waals surface area contributed by atoms with Gasteiger partial charge in [-0.2, -0.15) is 0 Å².